The van der Waals surface area contributed by atoms with Crippen LogP contribution in [-0.4, -0.2) is 17.9 Å². The van der Waals surface area contributed by atoms with Crippen LogP contribution in [-0.2, 0) is 5.41 Å². The van der Waals surface area contributed by atoms with Gasteiger partial charge in [-0.2, -0.15) is 0 Å². The number of hydrogen-bond donors (Lipinski definition) is 1. The van der Waals surface area contributed by atoms with Gasteiger partial charge in [0.2, 0.25) is 0 Å². The van der Waals surface area contributed by atoms with Gasteiger partial charge in [0.15, 0.2) is 0 Å². The highest BCUT2D eigenvalue weighted by Gasteiger charge is 2.20. The van der Waals surface area contributed by atoms with E-state index in [-0.39, 0.29) is 5.41 Å². The van der Waals surface area contributed by atoms with Crippen molar-refractivity contribution in [1.82, 2.24) is 0 Å². The molecular formula is C14H21NO. The largest absolute Gasteiger partial charge is 0.507 e. The van der Waals surface area contributed by atoms with Crippen molar-refractivity contribution in [2.24, 2.45) is 4.99 Å². The van der Waals surface area contributed by atoms with Gasteiger partial charge in [0.25, 0.3) is 0 Å². The second kappa shape index (κ2) is 4.69. The van der Waals surface area contributed by atoms with Gasteiger partial charge in [-0.25, -0.2) is 0 Å². The van der Waals surface area contributed by atoms with E-state index in [1.807, 2.05) is 26.0 Å². The van der Waals surface area contributed by atoms with Crippen molar-refractivity contribution in [3.05, 3.63) is 28.8 Å². The molecule has 1 rings (SSSR count). The quantitative estimate of drug-likeness (QED) is 0.759. The van der Waals surface area contributed by atoms with Crippen LogP contribution in [0.1, 0.15) is 44.4 Å². The summed E-state index contributed by atoms with van der Waals surface area (Å²) in [7, 11) is 0. The molecule has 0 aliphatic heterocycles. The van der Waals surface area contributed by atoms with Crippen LogP contribution < -0.4 is 0 Å². The van der Waals surface area contributed by atoms with Gasteiger partial charge in [0, 0.05) is 23.9 Å². The van der Waals surface area contributed by atoms with E-state index < -0.39 is 0 Å². The normalized spacial score (nSPS) is 12.3. The molecule has 0 spiro atoms. The SMILES string of the molecule is CCN=Cc1cc(C)cc(C(C)(C)C)c1O. The summed E-state index contributed by atoms with van der Waals surface area (Å²) in [6.45, 7) is 11.1. The van der Waals surface area contributed by atoms with Crippen LogP contribution in [0.25, 0.3) is 0 Å². The first-order valence-corrected chi connectivity index (χ1v) is 5.70. The van der Waals surface area contributed by atoms with Crippen LogP contribution in [0.4, 0.5) is 0 Å². The summed E-state index contributed by atoms with van der Waals surface area (Å²) in [5.41, 5.74) is 2.89. The molecule has 16 heavy (non-hydrogen) atoms. The van der Waals surface area contributed by atoms with Crippen molar-refractivity contribution in [2.45, 2.75) is 40.0 Å². The molecule has 0 fully saturated rings. The Kier molecular flexibility index (Phi) is 3.74. The minimum atomic E-state index is -0.0507. The van der Waals surface area contributed by atoms with E-state index in [1.165, 1.54) is 0 Å². The molecule has 2 heteroatoms. The zero-order valence-corrected chi connectivity index (χ0v) is 10.8. The maximum atomic E-state index is 10.2. The summed E-state index contributed by atoms with van der Waals surface area (Å²) in [6, 6.07) is 4.00. The lowest BCUT2D eigenvalue weighted by atomic mass is 9.84. The number of rotatable bonds is 2. The van der Waals surface area contributed by atoms with Crippen molar-refractivity contribution in [2.75, 3.05) is 6.54 Å². The predicted molar refractivity (Wildman–Crippen MR) is 69.7 cm³/mol. The maximum absolute atomic E-state index is 10.2. The van der Waals surface area contributed by atoms with Crippen LogP contribution >= 0.6 is 0 Å². The molecule has 0 bridgehead atoms. The Morgan fingerprint density at radius 1 is 1.31 bits per heavy atom. The Labute approximate surface area is 98.0 Å². The minimum Gasteiger partial charge on any atom is -0.507 e. The van der Waals surface area contributed by atoms with Gasteiger partial charge in [-0.1, -0.05) is 26.8 Å². The number of hydrogen-bond acceptors (Lipinski definition) is 2. The van der Waals surface area contributed by atoms with Gasteiger partial charge in [-0.15, -0.1) is 0 Å². The van der Waals surface area contributed by atoms with Crippen LogP contribution in [0.3, 0.4) is 0 Å². The molecular weight excluding hydrogens is 198 g/mol. The van der Waals surface area contributed by atoms with Crippen LogP contribution in [0.2, 0.25) is 0 Å². The number of phenols is 1. The number of aliphatic imine (C=N–C) groups is 1. The van der Waals surface area contributed by atoms with E-state index in [0.29, 0.717) is 5.75 Å². The molecule has 0 radical (unpaired) electrons. The van der Waals surface area contributed by atoms with Crippen molar-refractivity contribution in [3.63, 3.8) is 0 Å². The molecule has 1 aromatic rings. The summed E-state index contributed by atoms with van der Waals surface area (Å²) in [6.07, 6.45) is 1.75. The lowest BCUT2D eigenvalue weighted by Crippen LogP contribution is -2.12. The fraction of sp³-hybridized carbons (Fsp3) is 0.500. The lowest BCUT2D eigenvalue weighted by molar-refractivity contribution is 0.445. The Bertz CT molecular complexity index is 400. The molecule has 0 aliphatic carbocycles. The lowest BCUT2D eigenvalue weighted by Gasteiger charge is -2.22. The van der Waals surface area contributed by atoms with Crippen LogP contribution in [0.5, 0.6) is 5.75 Å². The van der Waals surface area contributed by atoms with E-state index in [4.69, 9.17) is 0 Å². The number of benzene rings is 1. The third-order valence-electron chi connectivity index (χ3n) is 2.50. The number of nitrogens with zero attached hydrogens (tertiary/aromatic N) is 1. The van der Waals surface area contributed by atoms with Crippen molar-refractivity contribution >= 4 is 6.21 Å². The highest BCUT2D eigenvalue weighted by Crippen LogP contribution is 2.33. The zero-order valence-electron chi connectivity index (χ0n) is 10.8. The predicted octanol–water partition coefficient (Wildman–Crippen LogP) is 3.44. The maximum Gasteiger partial charge on any atom is 0.128 e. The molecule has 0 heterocycles. The minimum absolute atomic E-state index is 0.0507. The zero-order chi connectivity index (χ0) is 12.3. The standard InChI is InChI=1S/C14H21NO/c1-6-15-9-11-7-10(2)8-12(13(11)16)14(3,4)5/h7-9,16H,6H2,1-5H3. The van der Waals surface area contributed by atoms with E-state index in [1.54, 1.807) is 6.21 Å². The summed E-state index contributed by atoms with van der Waals surface area (Å²) in [5, 5.41) is 10.2. The summed E-state index contributed by atoms with van der Waals surface area (Å²) in [5.74, 6) is 0.357. The highest BCUT2D eigenvalue weighted by molar-refractivity contribution is 5.84. The third-order valence-corrected chi connectivity index (χ3v) is 2.50. The van der Waals surface area contributed by atoms with E-state index in [2.05, 4.69) is 25.8 Å². The first-order chi connectivity index (χ1) is 7.36. The first-order valence-electron chi connectivity index (χ1n) is 5.70. The van der Waals surface area contributed by atoms with E-state index in [0.717, 1.165) is 23.2 Å². The topological polar surface area (TPSA) is 32.6 Å². The molecule has 0 saturated carbocycles. The summed E-state index contributed by atoms with van der Waals surface area (Å²) in [4.78, 5) is 4.18. The highest BCUT2D eigenvalue weighted by atomic mass is 16.3. The molecule has 0 aliphatic rings. The second-order valence-corrected chi connectivity index (χ2v) is 5.13. The second-order valence-electron chi connectivity index (χ2n) is 5.13. The average molecular weight is 219 g/mol. The Hall–Kier alpha value is -1.31. The Morgan fingerprint density at radius 2 is 1.94 bits per heavy atom. The van der Waals surface area contributed by atoms with Crippen molar-refractivity contribution < 1.29 is 5.11 Å². The molecule has 2 nitrogen and oxygen atoms in total. The van der Waals surface area contributed by atoms with Gasteiger partial charge in [-0.05, 0) is 30.9 Å². The molecule has 88 valence electrons. The molecule has 0 atom stereocenters. The molecule has 1 aromatic carbocycles. The van der Waals surface area contributed by atoms with E-state index >= 15 is 0 Å². The number of phenolic OH excluding ortho intramolecular Hbond substituents is 1. The first kappa shape index (κ1) is 12.8. The molecule has 0 aromatic heterocycles. The summed E-state index contributed by atoms with van der Waals surface area (Å²) >= 11 is 0. The smallest absolute Gasteiger partial charge is 0.128 e. The molecule has 0 amide bonds. The monoisotopic (exact) mass is 219 g/mol. The Balaban J connectivity index is 3.32. The van der Waals surface area contributed by atoms with Gasteiger partial charge in [0.05, 0.1) is 0 Å². The van der Waals surface area contributed by atoms with E-state index in [9.17, 15) is 5.11 Å². The van der Waals surface area contributed by atoms with Gasteiger partial charge in [0.1, 0.15) is 5.75 Å². The number of aryl methyl sites for hydroxylation is 1. The van der Waals surface area contributed by atoms with Gasteiger partial charge < -0.3 is 5.11 Å². The summed E-state index contributed by atoms with van der Waals surface area (Å²) < 4.78 is 0. The van der Waals surface area contributed by atoms with Crippen LogP contribution in [0, 0.1) is 6.92 Å². The molecule has 0 unspecified atom stereocenters. The molecule has 1 N–H and O–H groups in total. The number of aromatic hydroxyl groups is 1. The van der Waals surface area contributed by atoms with Crippen LogP contribution in [0.15, 0.2) is 17.1 Å². The molecule has 0 saturated heterocycles. The van der Waals surface area contributed by atoms with Gasteiger partial charge in [-0.3, -0.25) is 4.99 Å². The van der Waals surface area contributed by atoms with Crippen molar-refractivity contribution in [3.8, 4) is 5.75 Å². The van der Waals surface area contributed by atoms with Gasteiger partial charge >= 0.3 is 0 Å². The fourth-order valence-electron chi connectivity index (χ4n) is 1.67. The Morgan fingerprint density at radius 3 is 2.44 bits per heavy atom. The average Bonchev–Trinajstić information content (AvgIpc) is 2.17. The fourth-order valence-corrected chi connectivity index (χ4v) is 1.67. The third kappa shape index (κ3) is 2.84. The van der Waals surface area contributed by atoms with Crippen molar-refractivity contribution in [1.29, 1.82) is 0 Å².